The molecule has 3 amide bonds. The Morgan fingerprint density at radius 1 is 0.667 bits per heavy atom. The minimum Gasteiger partial charge on any atom is -0.481 e. The molecule has 3 aromatic carbocycles. The Bertz CT molecular complexity index is 2910. The largest absolute Gasteiger partial charge is 0.481 e. The SMILES string of the molecule is C.C.C=C(C)C(=O)Nc1ccc(/C=C/C(=O)c2ccc(OC(=O)C(=C)C)cc2)cc1.C=S.C=S.CC.CC.CC(=O)O.CC(C)CCCC(C)C1CCC2C3CCC4CC(C(C)OO)CCC4(C)C3CCC12C.CCC1C(C)CC(C)C1C.CNC(C)=O.CNC(C)=O.COC=O.Cc1cc(C)cc(C)c1.[Y].[Y]. The number of hydrogen-bond acceptors (Lipinski definition) is 13. The Morgan fingerprint density at radius 2 is 1.12 bits per heavy atom. The maximum Gasteiger partial charge on any atom is 0.338 e. The summed E-state index contributed by atoms with van der Waals surface area (Å²) in [6.45, 7) is 53.4. The number of esters is 1. The van der Waals surface area contributed by atoms with Crippen LogP contribution in [0.25, 0.3) is 6.08 Å². The van der Waals surface area contributed by atoms with Gasteiger partial charge < -0.3 is 30.5 Å². The second-order valence-electron chi connectivity index (χ2n) is 29.0. The quantitative estimate of drug-likeness (QED) is 0.0132. The Labute approximate surface area is 720 Å². The molecule has 14 atom stereocenters. The molecule has 5 fully saturated rings. The maximum absolute atomic E-state index is 12.3. The van der Waals surface area contributed by atoms with Crippen molar-refractivity contribution < 1.29 is 124 Å². The summed E-state index contributed by atoms with van der Waals surface area (Å²) in [6.07, 6.45) is 23.0. The third-order valence-electron chi connectivity index (χ3n) is 21.1. The number of aliphatic carboxylic acids is 1. The number of carboxylic acid groups (broad SMARTS) is 1. The minimum absolute atomic E-state index is 0. The van der Waals surface area contributed by atoms with Crippen LogP contribution in [0.5, 0.6) is 5.75 Å². The number of fused-ring (bicyclic) bond motifs is 5. The van der Waals surface area contributed by atoms with Crippen LogP contribution in [0.3, 0.4) is 0 Å². The molecule has 2 radical (unpaired) electrons. The van der Waals surface area contributed by atoms with E-state index in [9.17, 15) is 29.2 Å². The van der Waals surface area contributed by atoms with Crippen LogP contribution in [0.4, 0.5) is 5.69 Å². The Morgan fingerprint density at radius 3 is 1.50 bits per heavy atom. The number of anilines is 1. The maximum atomic E-state index is 12.3. The number of carbonyl (C=O) groups excluding carboxylic acids is 6. The molecule has 19 heteroatoms. The van der Waals surface area contributed by atoms with E-state index in [0.717, 1.165) is 77.6 Å². The van der Waals surface area contributed by atoms with Crippen molar-refractivity contribution >= 4 is 89.9 Å². The van der Waals surface area contributed by atoms with Gasteiger partial charge in [-0.2, -0.15) is 0 Å². The van der Waals surface area contributed by atoms with Gasteiger partial charge in [0.1, 0.15) is 5.75 Å². The molecule has 3 aromatic rings. The molecule has 0 aliphatic heterocycles. The first-order valence-electron chi connectivity index (χ1n) is 37.7. The summed E-state index contributed by atoms with van der Waals surface area (Å²) < 4.78 is 8.95. The van der Waals surface area contributed by atoms with Crippen molar-refractivity contribution in [3.05, 3.63) is 125 Å². The fraction of sp³-hybridized carbons (Fsp3) is 0.629. The molecule has 0 saturated heterocycles. The van der Waals surface area contributed by atoms with Crippen molar-refractivity contribution in [2.24, 2.45) is 81.8 Å². The molecule has 8 rings (SSSR count). The topological polar surface area (TPSA) is 224 Å². The first-order chi connectivity index (χ1) is 49.0. The predicted molar refractivity (Wildman–Crippen MR) is 458 cm³/mol. The smallest absolute Gasteiger partial charge is 0.338 e. The first-order valence-corrected chi connectivity index (χ1v) is 38.9. The molecule has 5 aliphatic rings. The third kappa shape index (κ3) is 46.0. The van der Waals surface area contributed by atoms with Gasteiger partial charge in [0.05, 0.1) is 13.2 Å². The molecule has 0 aromatic heterocycles. The summed E-state index contributed by atoms with van der Waals surface area (Å²) in [4.78, 5) is 77.4. The number of carboxylic acids is 1. The van der Waals surface area contributed by atoms with E-state index in [1.54, 1.807) is 82.5 Å². The number of methoxy groups -OCH3 is 1. The van der Waals surface area contributed by atoms with Gasteiger partial charge in [-0.1, -0.05) is 221 Å². The summed E-state index contributed by atoms with van der Waals surface area (Å²) in [5, 5.41) is 24.1. The molecule has 5 N–H and O–H groups in total. The number of hydrogen-bond donors (Lipinski definition) is 5. The van der Waals surface area contributed by atoms with Crippen LogP contribution in [0.2, 0.25) is 0 Å². The molecule has 0 spiro atoms. The third-order valence-corrected chi connectivity index (χ3v) is 21.1. The molecular formula is C89H151N3O12S2Y2. The molecule has 14 unspecified atom stereocenters. The Hall–Kier alpha value is -4.32. The molecule has 5 aliphatic carbocycles. The van der Waals surface area contributed by atoms with E-state index in [-0.39, 0.29) is 110 Å². The number of rotatable bonds is 16. The number of ether oxygens (including phenoxy) is 2. The van der Waals surface area contributed by atoms with Gasteiger partial charge in [-0.3, -0.25) is 34.0 Å². The summed E-state index contributed by atoms with van der Waals surface area (Å²) >= 11 is 7.67. The van der Waals surface area contributed by atoms with Gasteiger partial charge in [-0.15, -0.1) is 0 Å². The standard InChI is InChI=1S/C29H52O2.C23H21NO4.C10H20.C9H12.2C3H7NO.2C2H4O2.2C2H6.2CH2S.2CH4.2Y/c1-19(2)8-7-9-20(3)25-12-13-26-24-11-10-23-18-22(21(4)31-30)14-16-28(23,5)27(24)15-17-29(25,26)6;1-15(2)22(26)24-19-10-5-17(6-11-19)7-14-21(25)18-8-12-20(13-9-18)28-23(27)16(3)4;1-5-10-8(3)6-7(2)9(10)4;1-7-4-8(2)6-9(3)5-7;2*1-3(5)4-2;1-4-2-3;1-2(3)4;4*1-2;;;;/h19-27,30H,7-18H2,1-6H3;5-14H,1,3H2,2,4H3,(H,24,26);7-10H,5-6H2,1-4H3;4-6H,1-3H3;2*1-2H3,(H,4,5);2H,1H3;1H3,(H,3,4);2*1-2H3;2*1H2;2*1H4;;/b;14-7+;;;;;;;;;;;;;;. The zero-order valence-corrected chi connectivity index (χ0v) is 77.6. The minimum atomic E-state index is -0.833. The average Bonchev–Trinajstić information content (AvgIpc) is 1.39. The Balaban J connectivity index is -0.000000195. The van der Waals surface area contributed by atoms with Gasteiger partial charge in [0.15, 0.2) is 5.78 Å². The normalized spacial score (nSPS) is 22.6. The van der Waals surface area contributed by atoms with Gasteiger partial charge in [-0.05, 0) is 247 Å². The number of benzene rings is 3. The number of amides is 3. The van der Waals surface area contributed by atoms with Crippen molar-refractivity contribution in [2.75, 3.05) is 26.5 Å². The molecule has 0 bridgehead atoms. The van der Waals surface area contributed by atoms with E-state index in [0.29, 0.717) is 51.4 Å². The molecule has 108 heavy (non-hydrogen) atoms. The van der Waals surface area contributed by atoms with E-state index in [4.69, 9.17) is 24.3 Å². The van der Waals surface area contributed by atoms with Crippen molar-refractivity contribution in [1.82, 2.24) is 10.6 Å². The number of thiocarbonyl (C=S) groups is 2. The van der Waals surface area contributed by atoms with Crippen molar-refractivity contribution in [2.45, 2.75) is 263 Å². The molecular weight excluding hydrogens is 1540 g/mol. The number of carbonyl (C=O) groups is 7. The van der Waals surface area contributed by atoms with Gasteiger partial charge in [0, 0.05) is 123 Å². The number of allylic oxidation sites excluding steroid dienone is 1. The zero-order chi connectivity index (χ0) is 81.2. The van der Waals surface area contributed by atoms with Gasteiger partial charge in [-0.25, -0.2) is 9.68 Å². The first kappa shape index (κ1) is 119. The fourth-order valence-electron chi connectivity index (χ4n) is 15.8. The summed E-state index contributed by atoms with van der Waals surface area (Å²) in [7, 11) is 4.51. The number of aryl methyl sites for hydroxylation is 3. The number of nitrogens with one attached hydrogen (secondary N) is 3. The van der Waals surface area contributed by atoms with E-state index in [2.05, 4.69) is 178 Å². The van der Waals surface area contributed by atoms with Crippen LogP contribution >= 0.6 is 24.4 Å². The monoisotopic (exact) mass is 1700 g/mol. The van der Waals surface area contributed by atoms with E-state index < -0.39 is 11.9 Å². The van der Waals surface area contributed by atoms with Crippen LogP contribution in [-0.4, -0.2) is 91.3 Å². The van der Waals surface area contributed by atoms with Gasteiger partial charge in [0.2, 0.25) is 11.8 Å². The fourth-order valence-corrected chi connectivity index (χ4v) is 15.8. The Kier molecular flexibility index (Phi) is 74.3. The predicted octanol–water partition coefficient (Wildman–Crippen LogP) is 23.1. The molecule has 5 saturated carbocycles. The molecule has 612 valence electrons. The molecule has 15 nitrogen and oxygen atoms in total. The summed E-state index contributed by atoms with van der Waals surface area (Å²) in [5.74, 6) is 15.2. The van der Waals surface area contributed by atoms with Crippen molar-refractivity contribution in [3.63, 3.8) is 0 Å². The van der Waals surface area contributed by atoms with Crippen LogP contribution in [-0.2, 0) is 104 Å². The van der Waals surface area contributed by atoms with Crippen LogP contribution in [0.15, 0.2) is 97.1 Å². The van der Waals surface area contributed by atoms with Crippen molar-refractivity contribution in [3.8, 4) is 5.75 Å². The average molecular weight is 1700 g/mol. The van der Waals surface area contributed by atoms with Gasteiger partial charge in [0.25, 0.3) is 18.3 Å². The van der Waals surface area contributed by atoms with E-state index in [1.165, 1.54) is 134 Å². The van der Waals surface area contributed by atoms with Crippen LogP contribution in [0, 0.1) is 103 Å². The second-order valence-corrected chi connectivity index (χ2v) is 29.0. The summed E-state index contributed by atoms with van der Waals surface area (Å²) in [5.41, 5.74) is 7.87. The zero-order valence-electron chi connectivity index (χ0n) is 70.3. The second kappa shape index (κ2) is 67.2. The van der Waals surface area contributed by atoms with Crippen molar-refractivity contribution in [1.29, 1.82) is 0 Å². The van der Waals surface area contributed by atoms with E-state index >= 15 is 0 Å². The van der Waals surface area contributed by atoms with Crippen LogP contribution in [0.1, 0.15) is 269 Å². The van der Waals surface area contributed by atoms with Crippen LogP contribution < -0.4 is 20.7 Å². The van der Waals surface area contributed by atoms with Gasteiger partial charge >= 0.3 is 5.97 Å². The summed E-state index contributed by atoms with van der Waals surface area (Å²) in [6, 6.07) is 19.9. The molecule has 0 heterocycles. The number of ketones is 1. The van der Waals surface area contributed by atoms with E-state index in [1.807, 2.05) is 27.7 Å².